The van der Waals surface area contributed by atoms with E-state index in [1.807, 2.05) is 24.3 Å². The van der Waals surface area contributed by atoms with E-state index in [1.54, 1.807) is 20.3 Å². The summed E-state index contributed by atoms with van der Waals surface area (Å²) >= 11 is 0. The molecule has 0 bridgehead atoms. The van der Waals surface area contributed by atoms with Gasteiger partial charge in [-0.25, -0.2) is 0 Å². The molecule has 204 valence electrons. The Balaban J connectivity index is 0.000000321. The normalized spacial score (nSPS) is 11.7. The minimum Gasteiger partial charge on any atom is -0.508 e. The molecular formula is C33H44N2O3. The van der Waals surface area contributed by atoms with Crippen LogP contribution in [0.5, 0.6) is 11.5 Å². The minimum absolute atomic E-state index is 0.408. The van der Waals surface area contributed by atoms with E-state index < -0.39 is 0 Å². The molecule has 0 atom stereocenters. The highest BCUT2D eigenvalue weighted by Crippen LogP contribution is 2.24. The number of hydrogen-bond acceptors (Lipinski definition) is 5. The predicted molar refractivity (Wildman–Crippen MR) is 159 cm³/mol. The van der Waals surface area contributed by atoms with Crippen molar-refractivity contribution >= 4 is 5.69 Å². The molecule has 0 aliphatic heterocycles. The maximum Gasteiger partial charge on any atom is 0.120 e. The van der Waals surface area contributed by atoms with Crippen molar-refractivity contribution in [3.05, 3.63) is 89.0 Å². The molecule has 0 radical (unpaired) electrons. The van der Waals surface area contributed by atoms with Crippen LogP contribution in [-0.4, -0.2) is 45.6 Å². The number of ether oxygens (including phenoxy) is 2. The predicted octanol–water partition coefficient (Wildman–Crippen LogP) is 6.02. The number of anilines is 1. The van der Waals surface area contributed by atoms with Crippen molar-refractivity contribution in [3.8, 4) is 24.3 Å². The van der Waals surface area contributed by atoms with Crippen LogP contribution in [0.3, 0.4) is 0 Å². The van der Waals surface area contributed by atoms with Crippen molar-refractivity contribution < 1.29 is 14.6 Å². The lowest BCUT2D eigenvalue weighted by atomic mass is 9.92. The largest absolute Gasteiger partial charge is 0.508 e. The van der Waals surface area contributed by atoms with Crippen LogP contribution in [0.1, 0.15) is 42.0 Å². The molecule has 5 nitrogen and oxygen atoms in total. The summed E-state index contributed by atoms with van der Waals surface area (Å²) in [6, 6.07) is 22.9. The summed E-state index contributed by atoms with van der Waals surface area (Å²) in [5.41, 5.74) is 6.64. The Morgan fingerprint density at radius 3 is 2.26 bits per heavy atom. The molecule has 0 saturated carbocycles. The number of benzene rings is 3. The average molecular weight is 517 g/mol. The lowest BCUT2D eigenvalue weighted by molar-refractivity contribution is 0.199. The molecule has 4 rings (SSSR count). The molecule has 2 N–H and O–H groups in total. The van der Waals surface area contributed by atoms with Gasteiger partial charge in [-0.3, -0.25) is 0 Å². The summed E-state index contributed by atoms with van der Waals surface area (Å²) in [4.78, 5) is 2.35. The number of phenols is 1. The van der Waals surface area contributed by atoms with E-state index in [-0.39, 0.29) is 0 Å². The van der Waals surface area contributed by atoms with Crippen molar-refractivity contribution in [2.75, 3.05) is 45.4 Å². The molecule has 0 fully saturated rings. The zero-order valence-corrected chi connectivity index (χ0v) is 23.3. The van der Waals surface area contributed by atoms with Gasteiger partial charge in [0, 0.05) is 38.5 Å². The van der Waals surface area contributed by atoms with Crippen LogP contribution >= 0.6 is 0 Å². The molecule has 0 unspecified atom stereocenters. The second-order valence-corrected chi connectivity index (χ2v) is 9.19. The molecule has 5 heteroatoms. The molecule has 1 aliphatic rings. The summed E-state index contributed by atoms with van der Waals surface area (Å²) in [5, 5.41) is 12.6. The Kier molecular flexibility index (Phi) is 14.5. The fourth-order valence-corrected chi connectivity index (χ4v) is 4.48. The van der Waals surface area contributed by atoms with Crippen molar-refractivity contribution in [1.29, 1.82) is 0 Å². The fraction of sp³-hybridized carbons (Fsp3) is 0.394. The highest BCUT2D eigenvalue weighted by molar-refractivity contribution is 5.51. The van der Waals surface area contributed by atoms with Crippen molar-refractivity contribution in [2.24, 2.45) is 0 Å². The summed E-state index contributed by atoms with van der Waals surface area (Å²) in [6.45, 7) is 6.68. The molecule has 0 saturated heterocycles. The number of rotatable bonds is 11. The van der Waals surface area contributed by atoms with Crippen LogP contribution < -0.4 is 15.0 Å². The van der Waals surface area contributed by atoms with Gasteiger partial charge in [-0.15, -0.1) is 12.8 Å². The van der Waals surface area contributed by atoms with Gasteiger partial charge in [0.25, 0.3) is 0 Å². The van der Waals surface area contributed by atoms with Gasteiger partial charge >= 0.3 is 0 Å². The van der Waals surface area contributed by atoms with Gasteiger partial charge in [-0.2, -0.15) is 0 Å². The third-order valence-corrected chi connectivity index (χ3v) is 6.60. The number of aryl methyl sites for hydroxylation is 2. The van der Waals surface area contributed by atoms with Crippen molar-refractivity contribution in [2.45, 2.75) is 45.6 Å². The van der Waals surface area contributed by atoms with Gasteiger partial charge in [-0.05, 0) is 92.1 Å². The van der Waals surface area contributed by atoms with Gasteiger partial charge in [0.05, 0.1) is 13.7 Å². The first-order valence-electron chi connectivity index (χ1n) is 13.4. The van der Waals surface area contributed by atoms with E-state index in [4.69, 9.17) is 9.47 Å². The number of hydrogen-bond donors (Lipinski definition) is 2. The summed E-state index contributed by atoms with van der Waals surface area (Å²) in [7, 11) is 3.43. The standard InChI is InChI=1S/C21H30N2O2.C10H12O.C2H2/c1-4-23(20-6-5-7-21(16-20)25-3)17-19-10-8-18(9-11-19)12-13-22-14-15-24-2;11-10-6-5-8-3-1-2-4-9(8)7-10;1-2/h5-11,16,22H,4,12-15,17H2,1-3H3;5-7,11H,1-4H2;1-2H. The molecule has 3 aromatic rings. The monoisotopic (exact) mass is 516 g/mol. The van der Waals surface area contributed by atoms with E-state index in [0.29, 0.717) is 5.75 Å². The number of nitrogens with zero attached hydrogens (tertiary/aromatic N) is 1. The number of terminal acetylenes is 1. The SMILES string of the molecule is C#C.CCN(Cc1ccc(CCNCCOC)cc1)c1cccc(OC)c1.Oc1ccc2c(c1)CCCC2. The molecule has 1 aliphatic carbocycles. The molecular weight excluding hydrogens is 472 g/mol. The first kappa shape index (κ1) is 30.8. The quantitative estimate of drug-likeness (QED) is 0.241. The van der Waals surface area contributed by atoms with Crippen LogP contribution in [0, 0.1) is 12.8 Å². The molecule has 0 heterocycles. The van der Waals surface area contributed by atoms with E-state index >= 15 is 0 Å². The van der Waals surface area contributed by atoms with Gasteiger partial charge in [0.2, 0.25) is 0 Å². The summed E-state index contributed by atoms with van der Waals surface area (Å²) in [5.74, 6) is 1.30. The van der Waals surface area contributed by atoms with Crippen molar-refractivity contribution in [1.82, 2.24) is 5.32 Å². The number of methoxy groups -OCH3 is 2. The third kappa shape index (κ3) is 10.5. The number of phenolic OH excluding ortho intramolecular Hbond substituents is 1. The van der Waals surface area contributed by atoms with Gasteiger partial charge in [0.15, 0.2) is 0 Å². The number of aromatic hydroxyl groups is 1. The van der Waals surface area contributed by atoms with Gasteiger partial charge < -0.3 is 24.8 Å². The second kappa shape index (κ2) is 17.9. The highest BCUT2D eigenvalue weighted by atomic mass is 16.5. The topological polar surface area (TPSA) is 54.0 Å². The first-order chi connectivity index (χ1) is 18.6. The first-order valence-corrected chi connectivity index (χ1v) is 13.4. The smallest absolute Gasteiger partial charge is 0.120 e. The molecule has 0 aromatic heterocycles. The second-order valence-electron chi connectivity index (χ2n) is 9.19. The molecule has 0 amide bonds. The average Bonchev–Trinajstić information content (AvgIpc) is 2.98. The zero-order chi connectivity index (χ0) is 27.6. The zero-order valence-electron chi connectivity index (χ0n) is 23.3. The fourth-order valence-electron chi connectivity index (χ4n) is 4.48. The van der Waals surface area contributed by atoms with E-state index in [9.17, 15) is 5.11 Å². The Labute approximate surface area is 229 Å². The minimum atomic E-state index is 0.408. The Morgan fingerprint density at radius 2 is 1.58 bits per heavy atom. The Morgan fingerprint density at radius 1 is 0.868 bits per heavy atom. The van der Waals surface area contributed by atoms with Crippen molar-refractivity contribution in [3.63, 3.8) is 0 Å². The Bertz CT molecular complexity index is 1080. The van der Waals surface area contributed by atoms with Crippen LogP contribution in [0.25, 0.3) is 0 Å². The van der Waals surface area contributed by atoms with Crippen LogP contribution in [0.2, 0.25) is 0 Å². The van der Waals surface area contributed by atoms with Crippen LogP contribution in [-0.2, 0) is 30.5 Å². The van der Waals surface area contributed by atoms with Gasteiger partial charge in [0.1, 0.15) is 11.5 Å². The van der Waals surface area contributed by atoms with Crippen LogP contribution in [0.4, 0.5) is 5.69 Å². The molecule has 3 aromatic carbocycles. The summed E-state index contributed by atoms with van der Waals surface area (Å²) in [6.07, 6.45) is 13.9. The molecule has 38 heavy (non-hydrogen) atoms. The number of nitrogens with one attached hydrogen (secondary N) is 1. The summed E-state index contributed by atoms with van der Waals surface area (Å²) < 4.78 is 10.4. The van der Waals surface area contributed by atoms with E-state index in [1.165, 1.54) is 47.2 Å². The molecule has 0 spiro atoms. The number of fused-ring (bicyclic) bond motifs is 1. The lowest BCUT2D eigenvalue weighted by Crippen LogP contribution is -2.22. The van der Waals surface area contributed by atoms with E-state index in [2.05, 4.69) is 66.4 Å². The third-order valence-electron chi connectivity index (χ3n) is 6.60. The van der Waals surface area contributed by atoms with Gasteiger partial charge in [-0.1, -0.05) is 36.4 Å². The highest BCUT2D eigenvalue weighted by Gasteiger charge is 2.09. The maximum atomic E-state index is 9.19. The van der Waals surface area contributed by atoms with E-state index in [0.717, 1.165) is 51.4 Å². The lowest BCUT2D eigenvalue weighted by Gasteiger charge is -2.24. The Hall–Kier alpha value is -3.46. The maximum absolute atomic E-state index is 9.19. The van der Waals surface area contributed by atoms with Crippen LogP contribution in [0.15, 0.2) is 66.7 Å².